The van der Waals surface area contributed by atoms with Crippen LogP contribution in [-0.4, -0.2) is 25.5 Å². The fraction of sp³-hybridized carbons (Fsp3) is 0.818. The van der Waals surface area contributed by atoms with Gasteiger partial charge in [-0.15, -0.1) is 0 Å². The summed E-state index contributed by atoms with van der Waals surface area (Å²) in [6.45, 7) is 5.47. The van der Waals surface area contributed by atoms with Crippen molar-refractivity contribution in [2.75, 3.05) is 12.4 Å². The molecule has 0 saturated carbocycles. The fourth-order valence-electron chi connectivity index (χ4n) is 1.94. The molecule has 0 N–H and O–H groups in total. The Morgan fingerprint density at radius 3 is 2.67 bits per heavy atom. The Balaban J connectivity index is 2.82. The molecule has 0 spiro atoms. The third-order valence-electron chi connectivity index (χ3n) is 3.13. The molecule has 0 amide bonds. The maximum absolute atomic E-state index is 12.1. The molecule has 0 bridgehead atoms. The molecule has 1 rings (SSSR count). The molecular weight excluding hydrogens is 212 g/mol. The van der Waals surface area contributed by atoms with E-state index in [-0.39, 0.29) is 6.61 Å². The molecular formula is C11H20O3S. The second kappa shape index (κ2) is 5.01. The van der Waals surface area contributed by atoms with Gasteiger partial charge in [-0.05, 0) is 19.8 Å². The van der Waals surface area contributed by atoms with Crippen LogP contribution in [0, 0.1) is 0 Å². The molecule has 3 nitrogen and oxygen atoms in total. The number of rotatable bonds is 3. The second-order valence-electron chi connectivity index (χ2n) is 4.41. The molecule has 0 aliphatic carbocycles. The van der Waals surface area contributed by atoms with Gasteiger partial charge in [-0.2, -0.15) is 0 Å². The van der Waals surface area contributed by atoms with Gasteiger partial charge in [0.05, 0.1) is 12.0 Å². The van der Waals surface area contributed by atoms with Crippen molar-refractivity contribution in [3.05, 3.63) is 12.8 Å². The highest BCUT2D eigenvalue weighted by molar-refractivity contribution is 7.92. The minimum absolute atomic E-state index is 0.235. The van der Waals surface area contributed by atoms with E-state index in [1.54, 1.807) is 6.92 Å². The van der Waals surface area contributed by atoms with Crippen LogP contribution in [0.1, 0.15) is 39.0 Å². The number of hydrogen-bond donors (Lipinski definition) is 0. The first-order chi connectivity index (χ1) is 7.02. The molecule has 1 unspecified atom stereocenters. The molecule has 0 radical (unpaired) electrons. The van der Waals surface area contributed by atoms with Crippen molar-refractivity contribution in [2.24, 2.45) is 0 Å². The maximum Gasteiger partial charge on any atom is 0.159 e. The van der Waals surface area contributed by atoms with Crippen molar-refractivity contribution in [2.45, 2.75) is 43.8 Å². The Hall–Kier alpha value is -0.510. The first-order valence-corrected chi connectivity index (χ1v) is 7.12. The summed E-state index contributed by atoms with van der Waals surface area (Å²) < 4.78 is 28.5. The van der Waals surface area contributed by atoms with Gasteiger partial charge in [0, 0.05) is 0 Å². The molecule has 1 aliphatic heterocycles. The van der Waals surface area contributed by atoms with Gasteiger partial charge in [0.25, 0.3) is 0 Å². The van der Waals surface area contributed by atoms with E-state index < -0.39 is 14.6 Å². The Morgan fingerprint density at radius 2 is 2.00 bits per heavy atom. The standard InChI is InChI=1S/C11H20O3S/c1-3-14-10-11(2)8-6-4-5-7-9-15(11,12)13/h3H,1,4-10H2,2H3. The largest absolute Gasteiger partial charge is 0.500 e. The van der Waals surface area contributed by atoms with Gasteiger partial charge in [-0.25, -0.2) is 8.42 Å². The van der Waals surface area contributed by atoms with E-state index >= 15 is 0 Å². The third-order valence-corrected chi connectivity index (χ3v) is 5.78. The van der Waals surface area contributed by atoms with E-state index in [9.17, 15) is 8.42 Å². The van der Waals surface area contributed by atoms with Gasteiger partial charge in [0.15, 0.2) is 9.84 Å². The molecule has 1 atom stereocenters. The zero-order valence-electron chi connectivity index (χ0n) is 9.37. The highest BCUT2D eigenvalue weighted by Crippen LogP contribution is 2.29. The smallest absolute Gasteiger partial charge is 0.159 e. The van der Waals surface area contributed by atoms with Crippen LogP contribution >= 0.6 is 0 Å². The van der Waals surface area contributed by atoms with Crippen molar-refractivity contribution in [1.82, 2.24) is 0 Å². The number of ether oxygens (including phenoxy) is 1. The van der Waals surface area contributed by atoms with Crippen LogP contribution in [0.2, 0.25) is 0 Å². The van der Waals surface area contributed by atoms with Gasteiger partial charge in [0.1, 0.15) is 11.4 Å². The molecule has 1 heterocycles. The van der Waals surface area contributed by atoms with Crippen LogP contribution < -0.4 is 0 Å². The highest BCUT2D eigenvalue weighted by atomic mass is 32.2. The van der Waals surface area contributed by atoms with Crippen molar-refractivity contribution >= 4 is 9.84 Å². The molecule has 0 aromatic heterocycles. The van der Waals surface area contributed by atoms with Gasteiger partial charge in [-0.3, -0.25) is 0 Å². The lowest BCUT2D eigenvalue weighted by atomic mass is 10.0. The topological polar surface area (TPSA) is 43.4 Å². The first-order valence-electron chi connectivity index (χ1n) is 5.47. The van der Waals surface area contributed by atoms with Crippen LogP contribution in [0.3, 0.4) is 0 Å². The van der Waals surface area contributed by atoms with E-state index in [1.807, 2.05) is 0 Å². The predicted octanol–water partition coefficient (Wildman–Crippen LogP) is 2.28. The van der Waals surface area contributed by atoms with Crippen LogP contribution in [0.25, 0.3) is 0 Å². The fourth-order valence-corrected chi connectivity index (χ4v) is 3.72. The Labute approximate surface area is 92.4 Å². The Morgan fingerprint density at radius 1 is 1.33 bits per heavy atom. The zero-order valence-corrected chi connectivity index (χ0v) is 10.2. The summed E-state index contributed by atoms with van der Waals surface area (Å²) in [5.41, 5.74) is 0. The Kier molecular flexibility index (Phi) is 4.20. The summed E-state index contributed by atoms with van der Waals surface area (Å²) in [5, 5.41) is 0. The predicted molar refractivity (Wildman–Crippen MR) is 61.4 cm³/mol. The van der Waals surface area contributed by atoms with Crippen LogP contribution in [0.5, 0.6) is 0 Å². The van der Waals surface area contributed by atoms with Gasteiger partial charge >= 0.3 is 0 Å². The molecule has 1 aliphatic rings. The molecule has 1 fully saturated rings. The van der Waals surface area contributed by atoms with E-state index in [0.29, 0.717) is 12.2 Å². The van der Waals surface area contributed by atoms with E-state index in [1.165, 1.54) is 6.26 Å². The molecule has 1 saturated heterocycles. The second-order valence-corrected chi connectivity index (χ2v) is 7.03. The van der Waals surface area contributed by atoms with E-state index in [0.717, 1.165) is 25.7 Å². The van der Waals surface area contributed by atoms with Gasteiger partial charge in [-0.1, -0.05) is 25.8 Å². The van der Waals surface area contributed by atoms with E-state index in [4.69, 9.17) is 4.74 Å². The Bertz CT molecular complexity index is 308. The average Bonchev–Trinajstić information content (AvgIpc) is 2.18. The molecule has 15 heavy (non-hydrogen) atoms. The lowest BCUT2D eigenvalue weighted by molar-refractivity contribution is 0.206. The monoisotopic (exact) mass is 232 g/mol. The van der Waals surface area contributed by atoms with Crippen LogP contribution in [0.15, 0.2) is 12.8 Å². The lowest BCUT2D eigenvalue weighted by Gasteiger charge is -2.30. The minimum Gasteiger partial charge on any atom is -0.500 e. The maximum atomic E-state index is 12.1. The lowest BCUT2D eigenvalue weighted by Crippen LogP contribution is -2.42. The van der Waals surface area contributed by atoms with Gasteiger partial charge < -0.3 is 4.74 Å². The molecule has 0 aromatic carbocycles. The van der Waals surface area contributed by atoms with E-state index in [2.05, 4.69) is 6.58 Å². The van der Waals surface area contributed by atoms with Gasteiger partial charge in [0.2, 0.25) is 0 Å². The number of hydrogen-bond acceptors (Lipinski definition) is 3. The average molecular weight is 232 g/mol. The summed E-state index contributed by atoms with van der Waals surface area (Å²) in [5.74, 6) is 0.296. The van der Waals surface area contributed by atoms with Crippen LogP contribution in [-0.2, 0) is 14.6 Å². The summed E-state index contributed by atoms with van der Waals surface area (Å²) in [6, 6.07) is 0. The third kappa shape index (κ3) is 2.97. The van der Waals surface area contributed by atoms with Crippen molar-refractivity contribution in [3.8, 4) is 0 Å². The van der Waals surface area contributed by atoms with Crippen molar-refractivity contribution < 1.29 is 13.2 Å². The molecule has 0 aromatic rings. The number of sulfone groups is 1. The van der Waals surface area contributed by atoms with Crippen molar-refractivity contribution in [3.63, 3.8) is 0 Å². The SMILES string of the molecule is C=COCC1(C)CCCCCCS1(=O)=O. The summed E-state index contributed by atoms with van der Waals surface area (Å²) in [6.07, 6.45) is 5.92. The van der Waals surface area contributed by atoms with Crippen molar-refractivity contribution in [1.29, 1.82) is 0 Å². The zero-order chi connectivity index (χ0) is 11.4. The summed E-state index contributed by atoms with van der Waals surface area (Å²) in [4.78, 5) is 0. The summed E-state index contributed by atoms with van der Waals surface area (Å²) in [7, 11) is -3.03. The highest BCUT2D eigenvalue weighted by Gasteiger charge is 2.39. The first kappa shape index (κ1) is 12.6. The van der Waals surface area contributed by atoms with Crippen LogP contribution in [0.4, 0.5) is 0 Å². The summed E-state index contributed by atoms with van der Waals surface area (Å²) >= 11 is 0. The quantitative estimate of drug-likeness (QED) is 0.701. The normalized spacial score (nSPS) is 31.3. The molecule has 4 heteroatoms. The minimum atomic E-state index is -3.03. The molecule has 88 valence electrons.